The average molecular weight is 989 g/mol. The third kappa shape index (κ3) is 9.23. The molecule has 0 amide bonds. The van der Waals surface area contributed by atoms with Crippen molar-refractivity contribution in [2.45, 2.75) is 166 Å². The van der Waals surface area contributed by atoms with E-state index in [2.05, 4.69) is 178 Å². The molecule has 8 aliphatic rings. The molecule has 2 heteroatoms. The first-order chi connectivity index (χ1) is 36.6. The summed E-state index contributed by atoms with van der Waals surface area (Å²) in [6, 6.07) is 57.1. The van der Waals surface area contributed by atoms with E-state index in [1.54, 1.807) is 11.1 Å². The second-order valence-electron chi connectivity index (χ2n) is 25.8. The van der Waals surface area contributed by atoms with Gasteiger partial charge in [-0.2, -0.15) is 4.57 Å². The van der Waals surface area contributed by atoms with Crippen molar-refractivity contribution in [1.82, 2.24) is 0 Å². The quantitative estimate of drug-likeness (QED) is 0.0959. The Bertz CT molecular complexity index is 2980. The summed E-state index contributed by atoms with van der Waals surface area (Å²) in [6.07, 6.45) is 24.9. The van der Waals surface area contributed by atoms with E-state index in [1.165, 1.54) is 153 Å². The minimum absolute atomic E-state index is 0.325. The van der Waals surface area contributed by atoms with Gasteiger partial charge in [0.1, 0.15) is 5.75 Å². The first-order valence-electron chi connectivity index (χ1n) is 30.1. The standard InChI is InChI=1S/C73H81NO/c1-5-8-10-49-12-16-58(17-13-49)63-38-69(61-24-28-64(29-25-61)72-42-51-32-52(43-72)34-53(33-51)44-72)74(70(39-63)62-26-30-65(31-27-62)73-45-54-35-55(46-73)37-56(36-54)47-73)66-40-67(59-18-14-50(15-19-59)11-9-6-2)71(75)68(41-66)60-22-20-57(21-23-60)48(4)7-3/h12-31,38-41,48,51-56H,5-11,32-37,42-47H2,1-4H3/p+1. The summed E-state index contributed by atoms with van der Waals surface area (Å²) in [5.74, 6) is 6.20. The highest BCUT2D eigenvalue weighted by atomic mass is 16.3. The molecule has 2 nitrogen and oxygen atoms in total. The summed E-state index contributed by atoms with van der Waals surface area (Å²) in [5, 5.41) is 12.7. The summed E-state index contributed by atoms with van der Waals surface area (Å²) in [7, 11) is 0. The van der Waals surface area contributed by atoms with Crippen LogP contribution in [0, 0.1) is 35.5 Å². The van der Waals surface area contributed by atoms with E-state index in [0.29, 0.717) is 22.5 Å². The molecule has 384 valence electrons. The Balaban J connectivity index is 1.02. The smallest absolute Gasteiger partial charge is 0.219 e. The SMILES string of the molecule is CCCCc1ccc(-c2cc(-c3ccc(C45CC6CC(CC(C6)C4)C5)cc3)[n+](-c3cc(-c4ccc(CCCC)cc4)c(O)c(-c4ccc(C(C)CC)cc4)c3)c(-c3ccc(C45CC6CC(CC(C6)C4)C5)cc3)c2)cc1. The topological polar surface area (TPSA) is 24.1 Å². The number of pyridine rings is 1. The van der Waals surface area contributed by atoms with E-state index in [4.69, 9.17) is 0 Å². The van der Waals surface area contributed by atoms with Crippen LogP contribution in [0.1, 0.15) is 171 Å². The number of benzene rings is 6. The van der Waals surface area contributed by atoms with Crippen LogP contribution in [-0.4, -0.2) is 5.11 Å². The van der Waals surface area contributed by atoms with Crippen LogP contribution < -0.4 is 4.57 Å². The van der Waals surface area contributed by atoms with Gasteiger partial charge in [-0.05, 0) is 236 Å². The lowest BCUT2D eigenvalue weighted by atomic mass is 9.48. The van der Waals surface area contributed by atoms with Crippen LogP contribution in [0.2, 0.25) is 0 Å². The number of aromatic hydroxyl groups is 1. The minimum atomic E-state index is 0.325. The van der Waals surface area contributed by atoms with Gasteiger partial charge in [0.2, 0.25) is 17.1 Å². The molecule has 7 aromatic rings. The summed E-state index contributed by atoms with van der Waals surface area (Å²) >= 11 is 0. The lowest BCUT2D eigenvalue weighted by Crippen LogP contribution is -2.48. The maximum Gasteiger partial charge on any atom is 0.219 e. The van der Waals surface area contributed by atoms with Crippen molar-refractivity contribution in [3.63, 3.8) is 0 Å². The molecule has 6 aromatic carbocycles. The van der Waals surface area contributed by atoms with Gasteiger partial charge in [-0.15, -0.1) is 0 Å². The summed E-state index contributed by atoms with van der Waals surface area (Å²) in [5.41, 5.74) is 20.0. The highest BCUT2D eigenvalue weighted by Gasteiger charge is 2.53. The normalized spacial score (nSPS) is 26.5. The number of aryl methyl sites for hydroxylation is 2. The number of unbranched alkanes of at least 4 members (excludes halogenated alkanes) is 2. The fourth-order valence-corrected chi connectivity index (χ4v) is 17.3. The number of rotatable bonds is 16. The van der Waals surface area contributed by atoms with Gasteiger partial charge in [0, 0.05) is 46.5 Å². The number of phenols is 1. The fraction of sp³-hybridized carbons (Fsp3) is 0.438. The number of aromatic nitrogens is 1. The van der Waals surface area contributed by atoms with Crippen molar-refractivity contribution < 1.29 is 9.67 Å². The third-order valence-electron chi connectivity index (χ3n) is 20.7. The lowest BCUT2D eigenvalue weighted by molar-refractivity contribution is -0.572. The van der Waals surface area contributed by atoms with Crippen molar-refractivity contribution in [3.8, 4) is 67.3 Å². The first-order valence-corrected chi connectivity index (χ1v) is 30.1. The number of hydrogen-bond acceptors (Lipinski definition) is 1. The minimum Gasteiger partial charge on any atom is -0.507 e. The van der Waals surface area contributed by atoms with Gasteiger partial charge < -0.3 is 5.11 Å². The molecule has 75 heavy (non-hydrogen) atoms. The molecule has 8 fully saturated rings. The van der Waals surface area contributed by atoms with Crippen molar-refractivity contribution in [3.05, 3.63) is 173 Å². The molecule has 8 aliphatic carbocycles. The third-order valence-corrected chi connectivity index (χ3v) is 20.7. The average Bonchev–Trinajstić information content (AvgIpc) is 3.43. The molecule has 0 radical (unpaired) electrons. The van der Waals surface area contributed by atoms with Gasteiger partial charge in [-0.25, -0.2) is 0 Å². The molecule has 0 spiro atoms. The van der Waals surface area contributed by atoms with Gasteiger partial charge in [-0.3, -0.25) is 0 Å². The van der Waals surface area contributed by atoms with Crippen LogP contribution in [0.3, 0.4) is 0 Å². The molecular weight excluding hydrogens is 907 g/mol. The molecule has 8 bridgehead atoms. The predicted molar refractivity (Wildman–Crippen MR) is 312 cm³/mol. The summed E-state index contributed by atoms with van der Waals surface area (Å²) < 4.78 is 2.56. The fourth-order valence-electron chi connectivity index (χ4n) is 17.3. The second-order valence-corrected chi connectivity index (χ2v) is 25.8. The van der Waals surface area contributed by atoms with Crippen molar-refractivity contribution in [2.75, 3.05) is 0 Å². The number of hydrogen-bond donors (Lipinski definition) is 1. The van der Waals surface area contributed by atoms with E-state index in [0.717, 1.165) is 82.7 Å². The Morgan fingerprint density at radius 1 is 0.440 bits per heavy atom. The van der Waals surface area contributed by atoms with E-state index in [1.807, 2.05) is 0 Å². The largest absolute Gasteiger partial charge is 0.507 e. The second kappa shape index (κ2) is 20.0. The van der Waals surface area contributed by atoms with Crippen LogP contribution in [0.4, 0.5) is 0 Å². The summed E-state index contributed by atoms with van der Waals surface area (Å²) in [6.45, 7) is 9.13. The maximum atomic E-state index is 12.7. The highest BCUT2D eigenvalue weighted by molar-refractivity contribution is 5.85. The molecule has 1 atom stereocenters. The molecule has 1 aromatic heterocycles. The van der Waals surface area contributed by atoms with E-state index < -0.39 is 0 Å². The van der Waals surface area contributed by atoms with Crippen LogP contribution >= 0.6 is 0 Å². The van der Waals surface area contributed by atoms with Crippen LogP contribution in [-0.2, 0) is 23.7 Å². The summed E-state index contributed by atoms with van der Waals surface area (Å²) in [4.78, 5) is 0. The van der Waals surface area contributed by atoms with Crippen LogP contribution in [0.5, 0.6) is 5.75 Å². The molecule has 1 N–H and O–H groups in total. The number of nitrogens with zero attached hydrogens (tertiary/aromatic N) is 1. The van der Waals surface area contributed by atoms with Gasteiger partial charge >= 0.3 is 0 Å². The predicted octanol–water partition coefficient (Wildman–Crippen LogP) is 19.1. The zero-order chi connectivity index (χ0) is 50.8. The maximum absolute atomic E-state index is 12.7. The van der Waals surface area contributed by atoms with Crippen molar-refractivity contribution >= 4 is 0 Å². The van der Waals surface area contributed by atoms with Crippen LogP contribution in [0.15, 0.2) is 146 Å². The zero-order valence-electron chi connectivity index (χ0n) is 45.7. The van der Waals surface area contributed by atoms with E-state index >= 15 is 0 Å². The van der Waals surface area contributed by atoms with Gasteiger partial charge in [-0.1, -0.05) is 138 Å². The van der Waals surface area contributed by atoms with Crippen molar-refractivity contribution in [1.29, 1.82) is 0 Å². The monoisotopic (exact) mass is 989 g/mol. The Kier molecular flexibility index (Phi) is 13.0. The highest BCUT2D eigenvalue weighted by Crippen LogP contribution is 2.62. The molecule has 0 saturated heterocycles. The van der Waals surface area contributed by atoms with Crippen LogP contribution in [0.25, 0.3) is 61.6 Å². The van der Waals surface area contributed by atoms with Crippen molar-refractivity contribution in [2.24, 2.45) is 35.5 Å². The van der Waals surface area contributed by atoms with E-state index in [-0.39, 0.29) is 0 Å². The molecule has 8 saturated carbocycles. The van der Waals surface area contributed by atoms with Gasteiger partial charge in [0.05, 0.1) is 0 Å². The molecule has 15 rings (SSSR count). The Hall–Kier alpha value is -5.73. The Morgan fingerprint density at radius 3 is 1.17 bits per heavy atom. The Morgan fingerprint density at radius 2 is 0.800 bits per heavy atom. The lowest BCUT2D eigenvalue weighted by Gasteiger charge is -2.57. The molecular formula is C73H82NO+. The number of phenolic OH excluding ortho intramolecular Hbond substituents is 1. The first kappa shape index (κ1) is 48.9. The molecule has 1 unspecified atom stereocenters. The molecule has 0 aliphatic heterocycles. The van der Waals surface area contributed by atoms with Gasteiger partial charge in [0.25, 0.3) is 0 Å². The zero-order valence-corrected chi connectivity index (χ0v) is 45.7. The Labute approximate surface area is 450 Å². The molecule has 1 heterocycles. The van der Waals surface area contributed by atoms with Gasteiger partial charge in [0.15, 0.2) is 0 Å². The van der Waals surface area contributed by atoms with E-state index in [9.17, 15) is 5.11 Å².